The molecule has 0 aromatic carbocycles. The molecule has 0 spiro atoms. The maximum Gasteiger partial charge on any atom is 0.252 e. The molecule has 0 amide bonds. The number of rotatable bonds is 6. The average Bonchev–Trinajstić information content (AvgIpc) is 2.81. The number of sulfonamides is 1. The summed E-state index contributed by atoms with van der Waals surface area (Å²) in [5, 5.41) is 17.7. The Morgan fingerprint density at radius 1 is 1.47 bits per heavy atom. The molecular weight excluding hydrogens is 284 g/mol. The lowest BCUT2D eigenvalue weighted by atomic mass is 9.93. The van der Waals surface area contributed by atoms with Gasteiger partial charge in [0.1, 0.15) is 15.2 Å². The Morgan fingerprint density at radius 2 is 2.21 bits per heavy atom. The molecule has 1 aromatic rings. The van der Waals surface area contributed by atoms with E-state index in [1.165, 1.54) is 16.4 Å². The second kappa shape index (κ2) is 6.01. The van der Waals surface area contributed by atoms with E-state index in [4.69, 9.17) is 10.4 Å². The molecule has 0 unspecified atom stereocenters. The average molecular weight is 300 g/mol. The summed E-state index contributed by atoms with van der Waals surface area (Å²) in [4.78, 5) is 0.397. The molecule has 7 heteroatoms. The normalized spacial score (nSPS) is 16.3. The van der Waals surface area contributed by atoms with Crippen LogP contribution < -0.4 is 0 Å². The summed E-state index contributed by atoms with van der Waals surface area (Å²) < 4.78 is 26.8. The largest absolute Gasteiger partial charge is 0.396 e. The van der Waals surface area contributed by atoms with E-state index in [9.17, 15) is 8.42 Å². The molecule has 0 aliphatic heterocycles. The number of aliphatic hydroxyl groups is 1. The molecule has 1 aliphatic carbocycles. The van der Waals surface area contributed by atoms with Crippen LogP contribution in [0.3, 0.4) is 0 Å². The van der Waals surface area contributed by atoms with E-state index in [0.717, 1.165) is 30.6 Å². The highest BCUT2D eigenvalue weighted by Crippen LogP contribution is 2.32. The van der Waals surface area contributed by atoms with Gasteiger partial charge in [-0.05, 0) is 31.4 Å². The molecule has 19 heavy (non-hydrogen) atoms. The smallest absolute Gasteiger partial charge is 0.252 e. The molecule has 1 saturated carbocycles. The summed E-state index contributed by atoms with van der Waals surface area (Å²) in [6, 6.07) is 5.02. The quantitative estimate of drug-likeness (QED) is 0.864. The van der Waals surface area contributed by atoms with E-state index < -0.39 is 10.0 Å². The zero-order valence-electron chi connectivity index (χ0n) is 10.4. The van der Waals surface area contributed by atoms with E-state index >= 15 is 0 Å². The van der Waals surface area contributed by atoms with Gasteiger partial charge in [0.15, 0.2) is 0 Å². The lowest BCUT2D eigenvalue weighted by Gasteiger charge is -2.36. The third-order valence-corrected chi connectivity index (χ3v) is 6.68. The van der Waals surface area contributed by atoms with Crippen molar-refractivity contribution in [2.75, 3.05) is 13.2 Å². The SMILES string of the molecule is N#Cc1ccc(S(=O)(=O)N(CCCO)C2CCC2)s1. The number of thiophene rings is 1. The first-order valence-corrected chi connectivity index (χ1v) is 8.48. The minimum absolute atomic E-state index is 0.0212. The van der Waals surface area contributed by atoms with Gasteiger partial charge in [0.25, 0.3) is 10.0 Å². The Bertz CT molecular complexity index is 570. The highest BCUT2D eigenvalue weighted by Gasteiger charge is 2.35. The van der Waals surface area contributed by atoms with Crippen molar-refractivity contribution in [3.63, 3.8) is 0 Å². The van der Waals surface area contributed by atoms with Gasteiger partial charge in [-0.1, -0.05) is 6.42 Å². The second-order valence-corrected chi connectivity index (χ2v) is 7.71. The van der Waals surface area contributed by atoms with Crippen molar-refractivity contribution in [2.45, 2.75) is 35.9 Å². The zero-order chi connectivity index (χ0) is 13.9. The molecule has 0 atom stereocenters. The minimum Gasteiger partial charge on any atom is -0.396 e. The maximum atomic E-state index is 12.5. The molecule has 104 valence electrons. The Morgan fingerprint density at radius 3 is 2.68 bits per heavy atom. The fourth-order valence-corrected chi connectivity index (χ4v) is 4.99. The van der Waals surface area contributed by atoms with E-state index in [-0.39, 0.29) is 16.9 Å². The summed E-state index contributed by atoms with van der Waals surface area (Å²) in [5.41, 5.74) is 0. The molecule has 0 radical (unpaired) electrons. The van der Waals surface area contributed by atoms with Gasteiger partial charge in [-0.15, -0.1) is 11.3 Å². The molecule has 1 N–H and O–H groups in total. The van der Waals surface area contributed by atoms with Crippen LogP contribution in [0.2, 0.25) is 0 Å². The van der Waals surface area contributed by atoms with Gasteiger partial charge >= 0.3 is 0 Å². The molecule has 5 nitrogen and oxygen atoms in total. The molecule has 0 bridgehead atoms. The van der Waals surface area contributed by atoms with Crippen molar-refractivity contribution in [1.82, 2.24) is 4.31 Å². The van der Waals surface area contributed by atoms with Crippen LogP contribution in [-0.2, 0) is 10.0 Å². The summed E-state index contributed by atoms with van der Waals surface area (Å²) in [5.74, 6) is 0. The van der Waals surface area contributed by atoms with Crippen LogP contribution in [0.5, 0.6) is 0 Å². The monoisotopic (exact) mass is 300 g/mol. The first kappa shape index (κ1) is 14.5. The molecule has 0 saturated heterocycles. The number of aliphatic hydroxyl groups excluding tert-OH is 1. The van der Waals surface area contributed by atoms with Crippen LogP contribution in [0.15, 0.2) is 16.3 Å². The summed E-state index contributed by atoms with van der Waals surface area (Å²) >= 11 is 1.00. The van der Waals surface area contributed by atoms with Crippen LogP contribution in [0.1, 0.15) is 30.6 Å². The highest BCUT2D eigenvalue weighted by atomic mass is 32.2. The predicted molar refractivity (Wildman–Crippen MR) is 72.3 cm³/mol. The van der Waals surface area contributed by atoms with Gasteiger partial charge in [0.05, 0.1) is 0 Å². The van der Waals surface area contributed by atoms with E-state index in [2.05, 4.69) is 0 Å². The molecule has 1 aliphatic rings. The molecule has 2 rings (SSSR count). The number of hydrogen-bond acceptors (Lipinski definition) is 5. The minimum atomic E-state index is -3.53. The first-order chi connectivity index (χ1) is 9.09. The topological polar surface area (TPSA) is 81.4 Å². The van der Waals surface area contributed by atoms with Gasteiger partial charge in [-0.2, -0.15) is 9.57 Å². The highest BCUT2D eigenvalue weighted by molar-refractivity contribution is 7.91. The van der Waals surface area contributed by atoms with E-state index in [1.807, 2.05) is 6.07 Å². The second-order valence-electron chi connectivity index (χ2n) is 4.51. The summed E-state index contributed by atoms with van der Waals surface area (Å²) in [6.45, 7) is 0.315. The van der Waals surface area contributed by atoms with Crippen LogP contribution in [-0.4, -0.2) is 37.0 Å². The predicted octanol–water partition coefficient (Wildman–Crippen LogP) is 1.55. The lowest BCUT2D eigenvalue weighted by Crippen LogP contribution is -2.44. The Kier molecular flexibility index (Phi) is 4.58. The zero-order valence-corrected chi connectivity index (χ0v) is 12.1. The van der Waals surface area contributed by atoms with Crippen LogP contribution in [0.25, 0.3) is 0 Å². The van der Waals surface area contributed by atoms with Crippen molar-refractivity contribution in [1.29, 1.82) is 5.26 Å². The third-order valence-electron chi connectivity index (χ3n) is 3.27. The van der Waals surface area contributed by atoms with Crippen molar-refractivity contribution >= 4 is 21.4 Å². The number of nitrogens with zero attached hydrogens (tertiary/aromatic N) is 2. The molecule has 1 aromatic heterocycles. The van der Waals surface area contributed by atoms with E-state index in [0.29, 0.717) is 17.8 Å². The van der Waals surface area contributed by atoms with E-state index in [1.54, 1.807) is 0 Å². The summed E-state index contributed by atoms with van der Waals surface area (Å²) in [7, 11) is -3.53. The molecule has 1 heterocycles. The Labute approximate surface area is 117 Å². The van der Waals surface area contributed by atoms with Crippen molar-refractivity contribution < 1.29 is 13.5 Å². The first-order valence-electron chi connectivity index (χ1n) is 6.22. The lowest BCUT2D eigenvalue weighted by molar-refractivity contribution is 0.199. The van der Waals surface area contributed by atoms with Crippen molar-refractivity contribution in [3.05, 3.63) is 17.0 Å². The van der Waals surface area contributed by atoms with Gasteiger partial charge in [-0.3, -0.25) is 0 Å². The number of nitriles is 1. The fourth-order valence-electron chi connectivity index (χ4n) is 2.03. The molecule has 1 fully saturated rings. The Balaban J connectivity index is 2.25. The standard InChI is InChI=1S/C12H16N2O3S2/c13-9-11-5-6-12(18-11)19(16,17)14(7-2-8-15)10-3-1-4-10/h5-6,10,15H,1-4,7-8H2. The third kappa shape index (κ3) is 2.98. The van der Waals surface area contributed by atoms with Crippen molar-refractivity contribution in [2.24, 2.45) is 0 Å². The van der Waals surface area contributed by atoms with Gasteiger partial charge in [0, 0.05) is 19.2 Å². The molecular formula is C12H16N2O3S2. The maximum absolute atomic E-state index is 12.5. The van der Waals surface area contributed by atoms with Gasteiger partial charge in [0.2, 0.25) is 0 Å². The van der Waals surface area contributed by atoms with Gasteiger partial charge < -0.3 is 5.11 Å². The Hall–Kier alpha value is -0.940. The number of hydrogen-bond donors (Lipinski definition) is 1. The van der Waals surface area contributed by atoms with Crippen LogP contribution >= 0.6 is 11.3 Å². The summed E-state index contributed by atoms with van der Waals surface area (Å²) in [6.07, 6.45) is 3.23. The van der Waals surface area contributed by atoms with Crippen molar-refractivity contribution in [3.8, 4) is 6.07 Å². The van der Waals surface area contributed by atoms with Gasteiger partial charge in [-0.25, -0.2) is 8.42 Å². The van der Waals surface area contributed by atoms with Crippen LogP contribution in [0, 0.1) is 11.3 Å². The van der Waals surface area contributed by atoms with Crippen LogP contribution in [0.4, 0.5) is 0 Å². The fraction of sp³-hybridized carbons (Fsp3) is 0.583.